The van der Waals surface area contributed by atoms with Gasteiger partial charge in [0.05, 0.1) is 0 Å². The van der Waals surface area contributed by atoms with Crippen LogP contribution in [0, 0.1) is 6.92 Å². The van der Waals surface area contributed by atoms with E-state index in [4.69, 9.17) is 0 Å². The highest BCUT2D eigenvalue weighted by Crippen LogP contribution is 2.20. The van der Waals surface area contributed by atoms with Crippen LogP contribution in [0.25, 0.3) is 12.2 Å². The van der Waals surface area contributed by atoms with Gasteiger partial charge in [-0.15, -0.1) is 0 Å². The van der Waals surface area contributed by atoms with Crippen LogP contribution < -0.4 is 0 Å². The highest BCUT2D eigenvalue weighted by molar-refractivity contribution is 5.78. The molecule has 2 bridgehead atoms. The van der Waals surface area contributed by atoms with Crippen LogP contribution >= 0.6 is 0 Å². The van der Waals surface area contributed by atoms with Crippen molar-refractivity contribution in [1.82, 2.24) is 0 Å². The summed E-state index contributed by atoms with van der Waals surface area (Å²) in [6, 6.07) is 6.50. The molecule has 0 radical (unpaired) electrons. The van der Waals surface area contributed by atoms with E-state index in [1.165, 1.54) is 16.7 Å². The summed E-state index contributed by atoms with van der Waals surface area (Å²) in [5.74, 6) is 0. The molecule has 0 spiro atoms. The maximum Gasteiger partial charge on any atom is -0.0221 e. The van der Waals surface area contributed by atoms with Gasteiger partial charge in [0, 0.05) is 0 Å². The molecule has 1 aromatic carbocycles. The van der Waals surface area contributed by atoms with Gasteiger partial charge in [-0.1, -0.05) is 24.3 Å². The van der Waals surface area contributed by atoms with E-state index < -0.39 is 0 Å². The Hall–Kier alpha value is -1.04. The third kappa shape index (κ3) is 0.595. The Morgan fingerprint density at radius 3 is 2.78 bits per heavy atom. The lowest BCUT2D eigenvalue weighted by molar-refractivity contribution is 1.45. The average Bonchev–Trinajstić information content (AvgIpc) is 2.25. The maximum atomic E-state index is 2.20. The number of fused-ring (bicyclic) bond motifs is 2. The summed E-state index contributed by atoms with van der Waals surface area (Å²) in [7, 11) is 0. The smallest absolute Gasteiger partial charge is 0.0221 e. The first kappa shape index (κ1) is 4.80. The molecule has 0 amide bonds. The minimum atomic E-state index is 1.33. The van der Waals surface area contributed by atoms with Crippen LogP contribution in [-0.2, 0) is 0 Å². The predicted molar refractivity (Wildman–Crippen MR) is 40.1 cm³/mol. The third-order valence-electron chi connectivity index (χ3n) is 1.76. The summed E-state index contributed by atoms with van der Waals surface area (Å²) >= 11 is 0. The van der Waals surface area contributed by atoms with Crippen molar-refractivity contribution < 1.29 is 0 Å². The van der Waals surface area contributed by atoms with Crippen molar-refractivity contribution in [3.05, 3.63) is 34.9 Å². The number of hydrogen-bond donors (Lipinski definition) is 0. The molecule has 9 heavy (non-hydrogen) atoms. The van der Waals surface area contributed by atoms with E-state index in [-0.39, 0.29) is 0 Å². The zero-order valence-corrected chi connectivity index (χ0v) is 5.39. The Morgan fingerprint density at radius 1 is 1.11 bits per heavy atom. The van der Waals surface area contributed by atoms with Gasteiger partial charge in [0.15, 0.2) is 0 Å². The molecule has 1 aromatic rings. The fraction of sp³-hybridized carbons (Fsp3) is 0.111. The summed E-state index contributed by atoms with van der Waals surface area (Å²) in [6.45, 7) is 2.13. The van der Waals surface area contributed by atoms with Gasteiger partial charge in [-0.3, -0.25) is 0 Å². The number of aryl methyl sites for hydroxylation is 1. The molecule has 0 N–H and O–H groups in total. The fourth-order valence-corrected chi connectivity index (χ4v) is 1.13. The maximum absolute atomic E-state index is 2.20. The Kier molecular flexibility index (Phi) is 0.786. The first-order valence-corrected chi connectivity index (χ1v) is 3.15. The molecule has 0 atom stereocenters. The third-order valence-corrected chi connectivity index (χ3v) is 1.76. The van der Waals surface area contributed by atoms with Crippen LogP contribution in [0.1, 0.15) is 16.7 Å². The predicted octanol–water partition coefficient (Wildman–Crippen LogP) is 2.48. The molecule has 0 heterocycles. The van der Waals surface area contributed by atoms with Crippen molar-refractivity contribution in [2.75, 3.05) is 0 Å². The van der Waals surface area contributed by atoms with Crippen molar-refractivity contribution in [3.63, 3.8) is 0 Å². The summed E-state index contributed by atoms with van der Waals surface area (Å²) in [6.07, 6.45) is 4.30. The molecule has 1 aliphatic carbocycles. The molecule has 0 nitrogen and oxygen atoms in total. The van der Waals surface area contributed by atoms with E-state index in [0.717, 1.165) is 0 Å². The van der Waals surface area contributed by atoms with Crippen molar-refractivity contribution in [2.24, 2.45) is 0 Å². The van der Waals surface area contributed by atoms with Crippen LogP contribution in [0.2, 0.25) is 0 Å². The fourth-order valence-electron chi connectivity index (χ4n) is 1.13. The lowest BCUT2D eigenvalue weighted by atomic mass is 10.1. The van der Waals surface area contributed by atoms with Gasteiger partial charge in [0.2, 0.25) is 0 Å². The zero-order valence-electron chi connectivity index (χ0n) is 5.39. The summed E-state index contributed by atoms with van der Waals surface area (Å²) < 4.78 is 0. The number of hydrogen-bond acceptors (Lipinski definition) is 0. The first-order valence-electron chi connectivity index (χ1n) is 3.15. The van der Waals surface area contributed by atoms with E-state index in [0.29, 0.717) is 0 Å². The summed E-state index contributed by atoms with van der Waals surface area (Å²) in [4.78, 5) is 0. The molecule has 0 saturated carbocycles. The van der Waals surface area contributed by atoms with E-state index in [1.807, 2.05) is 0 Å². The van der Waals surface area contributed by atoms with Gasteiger partial charge in [-0.2, -0.15) is 0 Å². The zero-order chi connectivity index (χ0) is 6.27. The van der Waals surface area contributed by atoms with Crippen LogP contribution in [-0.4, -0.2) is 0 Å². The lowest BCUT2D eigenvalue weighted by Crippen LogP contribution is -1.74. The van der Waals surface area contributed by atoms with Crippen LogP contribution in [0.15, 0.2) is 18.2 Å². The second-order valence-electron chi connectivity index (χ2n) is 2.45. The van der Waals surface area contributed by atoms with Gasteiger partial charge in [0.25, 0.3) is 0 Å². The molecule has 0 aliphatic heterocycles. The van der Waals surface area contributed by atoms with Crippen molar-refractivity contribution in [3.8, 4) is 0 Å². The average molecular weight is 116 g/mol. The second kappa shape index (κ2) is 1.47. The van der Waals surface area contributed by atoms with E-state index in [9.17, 15) is 0 Å². The molecular formula is C9H8. The Balaban J connectivity index is 2.78. The molecule has 0 heteroatoms. The summed E-state index contributed by atoms with van der Waals surface area (Å²) in [5.41, 5.74) is 4.07. The summed E-state index contributed by atoms with van der Waals surface area (Å²) in [5, 5.41) is 0. The lowest BCUT2D eigenvalue weighted by Gasteiger charge is -1.92. The Bertz CT molecular complexity index is 269. The Labute approximate surface area is 54.8 Å². The topological polar surface area (TPSA) is 0 Å². The van der Waals surface area contributed by atoms with Gasteiger partial charge in [-0.25, -0.2) is 0 Å². The molecule has 0 fully saturated rings. The van der Waals surface area contributed by atoms with Crippen molar-refractivity contribution in [2.45, 2.75) is 6.92 Å². The molecule has 1 aliphatic rings. The van der Waals surface area contributed by atoms with Gasteiger partial charge < -0.3 is 0 Å². The number of benzene rings is 1. The normalized spacial score (nSPS) is 12.6. The van der Waals surface area contributed by atoms with Gasteiger partial charge >= 0.3 is 0 Å². The standard InChI is InChI=1S/C9H8/c1-7-2-3-8-4-5-9(7)6-8/h2-6H,1H3. The highest BCUT2D eigenvalue weighted by Gasteiger charge is 1.99. The van der Waals surface area contributed by atoms with Gasteiger partial charge in [0.1, 0.15) is 0 Å². The van der Waals surface area contributed by atoms with E-state index >= 15 is 0 Å². The second-order valence-corrected chi connectivity index (χ2v) is 2.45. The molecule has 2 rings (SSSR count). The number of rotatable bonds is 0. The Morgan fingerprint density at radius 2 is 2.00 bits per heavy atom. The van der Waals surface area contributed by atoms with Crippen molar-refractivity contribution in [1.29, 1.82) is 0 Å². The monoisotopic (exact) mass is 116 g/mol. The van der Waals surface area contributed by atoms with Crippen LogP contribution in [0.4, 0.5) is 0 Å². The van der Waals surface area contributed by atoms with Crippen molar-refractivity contribution >= 4 is 12.2 Å². The van der Waals surface area contributed by atoms with E-state index in [2.05, 4.69) is 37.3 Å². The first-order chi connectivity index (χ1) is 4.36. The minimum Gasteiger partial charge on any atom is -0.0581 e. The molecule has 0 aromatic heterocycles. The quantitative estimate of drug-likeness (QED) is 0.496. The molecule has 0 saturated heterocycles. The van der Waals surface area contributed by atoms with Crippen LogP contribution in [0.5, 0.6) is 0 Å². The largest absolute Gasteiger partial charge is 0.0581 e. The van der Waals surface area contributed by atoms with E-state index in [1.54, 1.807) is 0 Å². The molecule has 44 valence electrons. The minimum absolute atomic E-state index is 1.33. The SMILES string of the molecule is Cc1ccc2cc1C=C2. The van der Waals surface area contributed by atoms with Crippen LogP contribution in [0.3, 0.4) is 0 Å². The molecular weight excluding hydrogens is 108 g/mol. The van der Waals surface area contributed by atoms with Gasteiger partial charge in [-0.05, 0) is 29.7 Å². The highest BCUT2D eigenvalue weighted by atomic mass is 14.0. The molecule has 0 unspecified atom stereocenters.